The zero-order valence-electron chi connectivity index (χ0n) is 10.1. The van der Waals surface area contributed by atoms with Crippen molar-refractivity contribution in [3.8, 4) is 0 Å². The molecular weight excluding hydrogens is 237 g/mol. The molecule has 0 radical (unpaired) electrons. The molecule has 0 rings (SSSR count). The molecule has 100 valence electrons. The first-order chi connectivity index (χ1) is 7.60. The second-order valence-corrected chi connectivity index (χ2v) is 4.17. The molecule has 8 heteroatoms. The van der Waals surface area contributed by atoms with Crippen LogP contribution in [0.25, 0.3) is 0 Å². The van der Waals surface area contributed by atoms with E-state index in [9.17, 15) is 14.0 Å². The molecule has 0 heterocycles. The van der Waals surface area contributed by atoms with Crippen LogP contribution in [0.5, 0.6) is 0 Å². The van der Waals surface area contributed by atoms with E-state index in [4.69, 9.17) is 9.84 Å². The number of hydrogen-bond acceptors (Lipinski definition) is 5. The monoisotopic (exact) mass is 253 g/mol. The third-order valence-corrected chi connectivity index (χ3v) is 1.34. The standard InChI is InChI=1S/C9H16FNO6/c1-8(2,3)16-7(14)11-17-9(10,5-15-4)6(12)13/h5H2,1-4H3,(H,11,14)(H,12,13)/t9-/m0/s1. The van der Waals surface area contributed by atoms with Crippen molar-refractivity contribution >= 4 is 12.1 Å². The van der Waals surface area contributed by atoms with Crippen molar-refractivity contribution in [3.05, 3.63) is 0 Å². The van der Waals surface area contributed by atoms with Crippen LogP contribution < -0.4 is 5.48 Å². The second-order valence-electron chi connectivity index (χ2n) is 4.17. The lowest BCUT2D eigenvalue weighted by molar-refractivity contribution is -0.224. The Balaban J connectivity index is 4.33. The zero-order chi connectivity index (χ0) is 13.7. The van der Waals surface area contributed by atoms with E-state index in [0.29, 0.717) is 0 Å². The Morgan fingerprint density at radius 3 is 2.24 bits per heavy atom. The predicted molar refractivity (Wildman–Crippen MR) is 53.8 cm³/mol. The fourth-order valence-corrected chi connectivity index (χ4v) is 0.742. The number of amides is 1. The van der Waals surface area contributed by atoms with Crippen LogP contribution in [0.15, 0.2) is 0 Å². The van der Waals surface area contributed by atoms with E-state index in [1.54, 1.807) is 26.3 Å². The SMILES string of the molecule is COC[C@](F)(ONC(=O)OC(C)(C)C)C(=O)O. The Labute approximate surface area is 97.8 Å². The van der Waals surface area contributed by atoms with E-state index >= 15 is 0 Å². The largest absolute Gasteiger partial charge is 0.477 e. The third kappa shape index (κ3) is 6.03. The number of carbonyl (C=O) groups excluding carboxylic acids is 1. The quantitative estimate of drug-likeness (QED) is 0.705. The fraction of sp³-hybridized carbons (Fsp3) is 0.778. The molecule has 0 aliphatic heterocycles. The molecule has 0 fully saturated rings. The van der Waals surface area contributed by atoms with E-state index in [-0.39, 0.29) is 0 Å². The van der Waals surface area contributed by atoms with Gasteiger partial charge in [-0.05, 0) is 20.8 Å². The molecule has 17 heavy (non-hydrogen) atoms. The number of carbonyl (C=O) groups is 2. The van der Waals surface area contributed by atoms with E-state index in [2.05, 4.69) is 9.57 Å². The summed E-state index contributed by atoms with van der Waals surface area (Å²) in [6.45, 7) is 3.88. The molecule has 0 aliphatic carbocycles. The van der Waals surface area contributed by atoms with Crippen molar-refractivity contribution in [1.82, 2.24) is 5.48 Å². The number of hydrogen-bond donors (Lipinski definition) is 2. The van der Waals surface area contributed by atoms with Crippen molar-refractivity contribution in [2.45, 2.75) is 32.2 Å². The lowest BCUT2D eigenvalue weighted by atomic mass is 10.2. The van der Waals surface area contributed by atoms with Gasteiger partial charge in [-0.1, -0.05) is 0 Å². The molecule has 0 aromatic heterocycles. The summed E-state index contributed by atoms with van der Waals surface area (Å²) in [5.74, 6) is -5.08. The highest BCUT2D eigenvalue weighted by atomic mass is 19.2. The highest BCUT2D eigenvalue weighted by molar-refractivity contribution is 5.76. The molecule has 0 saturated carbocycles. The number of carboxylic acids is 1. The first-order valence-electron chi connectivity index (χ1n) is 4.69. The van der Waals surface area contributed by atoms with Crippen molar-refractivity contribution in [2.24, 2.45) is 0 Å². The van der Waals surface area contributed by atoms with Gasteiger partial charge in [-0.15, -0.1) is 0 Å². The number of hydroxylamine groups is 1. The summed E-state index contributed by atoms with van der Waals surface area (Å²) in [6, 6.07) is 0. The van der Waals surface area contributed by atoms with Crippen molar-refractivity contribution < 1.29 is 33.4 Å². The zero-order valence-corrected chi connectivity index (χ0v) is 10.1. The number of alkyl halides is 1. The second kappa shape index (κ2) is 5.78. The van der Waals surface area contributed by atoms with Crippen molar-refractivity contribution in [2.75, 3.05) is 13.7 Å². The Kier molecular flexibility index (Phi) is 5.30. The maximum atomic E-state index is 13.5. The maximum Gasteiger partial charge on any atom is 0.431 e. The van der Waals surface area contributed by atoms with Gasteiger partial charge in [0, 0.05) is 7.11 Å². The Bertz CT molecular complexity index is 290. The summed E-state index contributed by atoms with van der Waals surface area (Å²) < 4.78 is 22.5. The van der Waals surface area contributed by atoms with E-state index in [0.717, 1.165) is 7.11 Å². The van der Waals surface area contributed by atoms with Crippen LogP contribution in [-0.4, -0.2) is 42.3 Å². The van der Waals surface area contributed by atoms with Crippen LogP contribution in [-0.2, 0) is 19.1 Å². The molecule has 2 N–H and O–H groups in total. The summed E-state index contributed by atoms with van der Waals surface area (Å²) in [6.07, 6.45) is -1.10. The number of halogens is 1. The van der Waals surface area contributed by atoms with Crippen LogP contribution in [0.1, 0.15) is 20.8 Å². The van der Waals surface area contributed by atoms with Gasteiger partial charge < -0.3 is 14.6 Å². The van der Waals surface area contributed by atoms with Crippen molar-refractivity contribution in [1.29, 1.82) is 0 Å². The highest BCUT2D eigenvalue weighted by Crippen LogP contribution is 2.13. The topological polar surface area (TPSA) is 94.1 Å². The van der Waals surface area contributed by atoms with Crippen molar-refractivity contribution in [3.63, 3.8) is 0 Å². The normalized spacial score (nSPS) is 14.9. The van der Waals surface area contributed by atoms with Gasteiger partial charge in [-0.2, -0.15) is 9.87 Å². The van der Waals surface area contributed by atoms with Gasteiger partial charge in [0.1, 0.15) is 12.2 Å². The summed E-state index contributed by atoms with van der Waals surface area (Å²) >= 11 is 0. The molecule has 0 aromatic rings. The van der Waals surface area contributed by atoms with Gasteiger partial charge in [-0.3, -0.25) is 0 Å². The van der Waals surface area contributed by atoms with Gasteiger partial charge >= 0.3 is 17.9 Å². The highest BCUT2D eigenvalue weighted by Gasteiger charge is 2.42. The Morgan fingerprint density at radius 1 is 1.35 bits per heavy atom. The molecule has 1 amide bonds. The average Bonchev–Trinajstić information content (AvgIpc) is 2.12. The van der Waals surface area contributed by atoms with E-state index < -0.39 is 30.1 Å². The van der Waals surface area contributed by atoms with Crippen LogP contribution in [0.4, 0.5) is 9.18 Å². The number of carboxylic acid groups (broad SMARTS) is 1. The Morgan fingerprint density at radius 2 is 1.88 bits per heavy atom. The molecule has 0 saturated heterocycles. The number of ether oxygens (including phenoxy) is 2. The van der Waals surface area contributed by atoms with Gasteiger partial charge in [0.25, 0.3) is 0 Å². The van der Waals surface area contributed by atoms with Gasteiger partial charge in [-0.25, -0.2) is 14.4 Å². The number of aliphatic carboxylic acids is 1. The minimum atomic E-state index is -3.16. The average molecular weight is 253 g/mol. The van der Waals surface area contributed by atoms with Crippen LogP contribution in [0.3, 0.4) is 0 Å². The minimum Gasteiger partial charge on any atom is -0.477 e. The summed E-state index contributed by atoms with van der Waals surface area (Å²) in [7, 11) is 1.09. The first kappa shape index (κ1) is 15.6. The smallest absolute Gasteiger partial charge is 0.431 e. The van der Waals surface area contributed by atoms with Gasteiger partial charge in [0.2, 0.25) is 0 Å². The summed E-state index contributed by atoms with van der Waals surface area (Å²) in [5, 5.41) is 8.54. The predicted octanol–water partition coefficient (Wildman–Crippen LogP) is 0.840. The van der Waals surface area contributed by atoms with Gasteiger partial charge in [0.15, 0.2) is 0 Å². The Hall–Kier alpha value is -1.41. The maximum absolute atomic E-state index is 13.5. The third-order valence-electron chi connectivity index (χ3n) is 1.34. The lowest BCUT2D eigenvalue weighted by Crippen LogP contribution is -2.47. The molecule has 0 aliphatic rings. The molecular formula is C9H16FNO6. The molecule has 0 spiro atoms. The van der Waals surface area contributed by atoms with Crippen LogP contribution in [0, 0.1) is 0 Å². The van der Waals surface area contributed by atoms with Crippen LogP contribution in [0.2, 0.25) is 0 Å². The molecule has 1 atom stereocenters. The van der Waals surface area contributed by atoms with E-state index in [1.165, 1.54) is 0 Å². The fourth-order valence-electron chi connectivity index (χ4n) is 0.742. The molecule has 7 nitrogen and oxygen atoms in total. The van der Waals surface area contributed by atoms with E-state index in [1.807, 2.05) is 0 Å². The first-order valence-corrected chi connectivity index (χ1v) is 4.69. The number of nitrogens with one attached hydrogen (secondary N) is 1. The number of methoxy groups -OCH3 is 1. The summed E-state index contributed by atoms with van der Waals surface area (Å²) in [5.41, 5.74) is 0.740. The molecule has 0 unspecified atom stereocenters. The number of rotatable bonds is 5. The molecule has 0 aromatic carbocycles. The molecule has 0 bridgehead atoms. The van der Waals surface area contributed by atoms with Crippen LogP contribution >= 0.6 is 0 Å². The summed E-state index contributed by atoms with van der Waals surface area (Å²) in [4.78, 5) is 25.7. The minimum absolute atomic E-state index is 0.809. The van der Waals surface area contributed by atoms with Gasteiger partial charge in [0.05, 0.1) is 0 Å². The lowest BCUT2D eigenvalue weighted by Gasteiger charge is -2.22.